The van der Waals surface area contributed by atoms with Crippen LogP contribution in [0.3, 0.4) is 0 Å². The van der Waals surface area contributed by atoms with Crippen LogP contribution in [0.15, 0.2) is 42.5 Å². The fourth-order valence-electron chi connectivity index (χ4n) is 3.97. The second-order valence-corrected chi connectivity index (χ2v) is 10.2. The number of amides is 4. The van der Waals surface area contributed by atoms with E-state index in [0.717, 1.165) is 10.4 Å². The molecule has 0 aliphatic carbocycles. The maximum absolute atomic E-state index is 13.1. The summed E-state index contributed by atoms with van der Waals surface area (Å²) in [6, 6.07) is 11.1. The monoisotopic (exact) mass is 483 g/mol. The second-order valence-electron chi connectivity index (χ2n) is 8.86. The van der Waals surface area contributed by atoms with E-state index in [4.69, 9.17) is 0 Å². The summed E-state index contributed by atoms with van der Waals surface area (Å²) in [6.45, 7) is 6.95. The maximum atomic E-state index is 13.1. The summed E-state index contributed by atoms with van der Waals surface area (Å²) in [5, 5.41) is 7.83. The average molecular weight is 484 g/mol. The van der Waals surface area contributed by atoms with Crippen LogP contribution in [-0.2, 0) is 19.2 Å². The number of carbonyl (C=O) groups is 5. The van der Waals surface area contributed by atoms with Gasteiger partial charge in [-0.1, -0.05) is 51.1 Å². The van der Waals surface area contributed by atoms with Crippen molar-refractivity contribution in [3.8, 4) is 0 Å². The van der Waals surface area contributed by atoms with Gasteiger partial charge in [-0.15, -0.1) is 11.3 Å². The van der Waals surface area contributed by atoms with E-state index in [-0.39, 0.29) is 18.2 Å². The number of thiophene rings is 1. The van der Waals surface area contributed by atoms with E-state index in [1.54, 1.807) is 19.9 Å². The SMILES string of the molecule is Cc1ccc(C(=O)N[C@@H](CC(=O)N[C@@H](C(=O)[C@@H]2C(=O)NC(=O)[C@H]2C)C(C)C)c2ccccc2)s1. The molecule has 0 saturated carbocycles. The molecular formula is C25H29N3O5S. The second kappa shape index (κ2) is 10.7. The Bertz CT molecular complexity index is 1090. The average Bonchev–Trinajstić information content (AvgIpc) is 3.33. The Balaban J connectivity index is 1.75. The molecule has 3 rings (SSSR count). The molecular weight excluding hydrogens is 454 g/mol. The highest BCUT2D eigenvalue weighted by atomic mass is 32.1. The Morgan fingerprint density at radius 3 is 2.21 bits per heavy atom. The highest BCUT2D eigenvalue weighted by molar-refractivity contribution is 7.13. The molecule has 9 heteroatoms. The lowest BCUT2D eigenvalue weighted by molar-refractivity contribution is -0.137. The summed E-state index contributed by atoms with van der Waals surface area (Å²) in [6.07, 6.45) is -0.0953. The van der Waals surface area contributed by atoms with Gasteiger partial charge in [0.1, 0.15) is 5.92 Å². The van der Waals surface area contributed by atoms with Crippen LogP contribution < -0.4 is 16.0 Å². The van der Waals surface area contributed by atoms with Gasteiger partial charge in [-0.2, -0.15) is 0 Å². The topological polar surface area (TPSA) is 121 Å². The van der Waals surface area contributed by atoms with Crippen molar-refractivity contribution < 1.29 is 24.0 Å². The molecule has 1 fully saturated rings. The Kier molecular flexibility index (Phi) is 7.98. The Hall–Kier alpha value is -3.33. The van der Waals surface area contributed by atoms with Gasteiger partial charge in [0.15, 0.2) is 5.78 Å². The summed E-state index contributed by atoms with van der Waals surface area (Å²) in [4.78, 5) is 64.4. The molecule has 1 aromatic carbocycles. The number of carbonyl (C=O) groups excluding carboxylic acids is 5. The number of nitrogens with one attached hydrogen (secondary N) is 3. The zero-order valence-corrected chi connectivity index (χ0v) is 20.4. The van der Waals surface area contributed by atoms with Gasteiger partial charge in [-0.3, -0.25) is 29.3 Å². The summed E-state index contributed by atoms with van der Waals surface area (Å²) in [5.74, 6) is -4.57. The van der Waals surface area contributed by atoms with E-state index < -0.39 is 47.4 Å². The summed E-state index contributed by atoms with van der Waals surface area (Å²) < 4.78 is 0. The molecule has 1 saturated heterocycles. The van der Waals surface area contributed by atoms with Gasteiger partial charge in [-0.05, 0) is 30.5 Å². The van der Waals surface area contributed by atoms with Crippen molar-refractivity contribution >= 4 is 40.7 Å². The van der Waals surface area contributed by atoms with Crippen molar-refractivity contribution in [2.24, 2.45) is 17.8 Å². The fourth-order valence-corrected chi connectivity index (χ4v) is 4.74. The third kappa shape index (κ3) is 5.77. The van der Waals surface area contributed by atoms with E-state index in [0.29, 0.717) is 4.88 Å². The number of hydrogen-bond donors (Lipinski definition) is 3. The third-order valence-corrected chi connectivity index (χ3v) is 6.90. The molecule has 0 spiro atoms. The zero-order chi connectivity index (χ0) is 25.0. The largest absolute Gasteiger partial charge is 0.346 e. The quantitative estimate of drug-likeness (QED) is 0.374. The van der Waals surface area contributed by atoms with Crippen molar-refractivity contribution in [3.63, 3.8) is 0 Å². The van der Waals surface area contributed by atoms with Crippen LogP contribution in [0, 0.1) is 24.7 Å². The molecule has 1 aliphatic rings. The van der Waals surface area contributed by atoms with Gasteiger partial charge in [0.2, 0.25) is 17.7 Å². The summed E-state index contributed by atoms with van der Waals surface area (Å²) >= 11 is 1.36. The molecule has 1 aliphatic heterocycles. The first-order valence-corrected chi connectivity index (χ1v) is 12.0. The minimum atomic E-state index is -1.13. The minimum Gasteiger partial charge on any atom is -0.346 e. The summed E-state index contributed by atoms with van der Waals surface area (Å²) in [7, 11) is 0. The van der Waals surface area contributed by atoms with Gasteiger partial charge in [0, 0.05) is 4.88 Å². The molecule has 2 heterocycles. The number of hydrogen-bond acceptors (Lipinski definition) is 6. The summed E-state index contributed by atoms with van der Waals surface area (Å²) in [5.41, 5.74) is 0.751. The zero-order valence-electron chi connectivity index (χ0n) is 19.6. The van der Waals surface area contributed by atoms with Gasteiger partial charge in [0.25, 0.3) is 5.91 Å². The number of Topliss-reactive ketones (excluding diaryl/α,β-unsaturated/α-hetero) is 1. The number of rotatable bonds is 9. The van der Waals surface area contributed by atoms with Crippen LogP contribution in [-0.4, -0.2) is 35.5 Å². The lowest BCUT2D eigenvalue weighted by atomic mass is 9.85. The van der Waals surface area contributed by atoms with Crippen LogP contribution in [0.4, 0.5) is 0 Å². The predicted molar refractivity (Wildman–Crippen MR) is 128 cm³/mol. The smallest absolute Gasteiger partial charge is 0.261 e. The molecule has 2 aromatic rings. The molecule has 34 heavy (non-hydrogen) atoms. The molecule has 4 atom stereocenters. The van der Waals surface area contributed by atoms with Crippen molar-refractivity contribution in [3.05, 3.63) is 57.8 Å². The van der Waals surface area contributed by atoms with Gasteiger partial charge < -0.3 is 10.6 Å². The maximum Gasteiger partial charge on any atom is 0.261 e. The van der Waals surface area contributed by atoms with E-state index in [2.05, 4.69) is 16.0 Å². The first-order chi connectivity index (χ1) is 16.1. The number of benzene rings is 1. The standard InChI is InChI=1S/C25H29N3O5S/c1-13(2)21(22(30)20-15(4)23(31)28-25(20)33)27-19(29)12-17(16-8-6-5-7-9-16)26-24(32)18-11-10-14(3)34-18/h5-11,13,15,17,20-21H,12H2,1-4H3,(H,26,32)(H,27,29)(H,28,31,33)/t15-,17-,20+,21+/m0/s1. The molecule has 4 amide bonds. The Morgan fingerprint density at radius 2 is 1.68 bits per heavy atom. The molecule has 8 nitrogen and oxygen atoms in total. The van der Waals surface area contributed by atoms with E-state index in [1.165, 1.54) is 18.3 Å². The Morgan fingerprint density at radius 1 is 1.00 bits per heavy atom. The molecule has 0 bridgehead atoms. The van der Waals surface area contributed by atoms with Crippen LogP contribution in [0.2, 0.25) is 0 Å². The highest BCUT2D eigenvalue weighted by Crippen LogP contribution is 2.24. The van der Waals surface area contributed by atoms with Gasteiger partial charge in [-0.25, -0.2) is 0 Å². The van der Waals surface area contributed by atoms with E-state index >= 15 is 0 Å². The first-order valence-electron chi connectivity index (χ1n) is 11.2. The van der Waals surface area contributed by atoms with Crippen molar-refractivity contribution in [2.75, 3.05) is 0 Å². The normalized spacial score (nSPS) is 19.4. The van der Waals surface area contributed by atoms with E-state index in [9.17, 15) is 24.0 Å². The van der Waals surface area contributed by atoms with Crippen LogP contribution in [0.1, 0.15) is 53.3 Å². The van der Waals surface area contributed by atoms with Crippen LogP contribution in [0.5, 0.6) is 0 Å². The molecule has 3 N–H and O–H groups in total. The van der Waals surface area contributed by atoms with Crippen molar-refractivity contribution in [1.82, 2.24) is 16.0 Å². The minimum absolute atomic E-state index is 0.0953. The van der Waals surface area contributed by atoms with Gasteiger partial charge >= 0.3 is 0 Å². The predicted octanol–water partition coefficient (Wildman–Crippen LogP) is 2.54. The lowest BCUT2D eigenvalue weighted by Crippen LogP contribution is -2.49. The first kappa shape index (κ1) is 25.3. The lowest BCUT2D eigenvalue weighted by Gasteiger charge is -2.26. The van der Waals surface area contributed by atoms with Crippen molar-refractivity contribution in [1.29, 1.82) is 0 Å². The molecule has 0 unspecified atom stereocenters. The fraction of sp³-hybridized carbons (Fsp3) is 0.400. The molecule has 180 valence electrons. The number of aryl methyl sites for hydroxylation is 1. The highest BCUT2D eigenvalue weighted by Gasteiger charge is 2.46. The van der Waals surface area contributed by atoms with Crippen LogP contribution >= 0.6 is 11.3 Å². The number of ketones is 1. The van der Waals surface area contributed by atoms with E-state index in [1.807, 2.05) is 43.3 Å². The van der Waals surface area contributed by atoms with Crippen LogP contribution in [0.25, 0.3) is 0 Å². The molecule has 0 radical (unpaired) electrons. The third-order valence-electron chi connectivity index (χ3n) is 5.90. The number of imide groups is 1. The Labute approximate surface area is 202 Å². The van der Waals surface area contributed by atoms with Crippen molar-refractivity contribution in [2.45, 2.75) is 46.2 Å². The molecule has 1 aromatic heterocycles. The van der Waals surface area contributed by atoms with Gasteiger partial charge in [0.05, 0.1) is 29.3 Å².